The molecule has 27 heavy (non-hydrogen) atoms. The van der Waals surface area contributed by atoms with E-state index in [1.165, 1.54) is 11.3 Å². The fourth-order valence-electron chi connectivity index (χ4n) is 3.26. The molecule has 1 amide bonds. The Morgan fingerprint density at radius 3 is 2.78 bits per heavy atom. The normalized spacial score (nSPS) is 16.2. The molecule has 7 heteroatoms. The summed E-state index contributed by atoms with van der Waals surface area (Å²) in [6, 6.07) is 10.2. The van der Waals surface area contributed by atoms with Gasteiger partial charge in [-0.2, -0.15) is 0 Å². The second-order valence-corrected chi connectivity index (χ2v) is 7.79. The van der Waals surface area contributed by atoms with E-state index in [1.807, 2.05) is 28.5 Å². The quantitative estimate of drug-likeness (QED) is 0.749. The second kappa shape index (κ2) is 9.94. The van der Waals surface area contributed by atoms with Gasteiger partial charge in [0.05, 0.1) is 18.2 Å². The van der Waals surface area contributed by atoms with Crippen molar-refractivity contribution in [2.24, 2.45) is 5.73 Å². The smallest absolute Gasteiger partial charge is 0.273 e. The number of morpholine rings is 1. The SMILES string of the molecule is CC(CN1CCOCC1)N(Cc1ccccc1)C(=O)c1csc(CCN)n1. The lowest BCUT2D eigenvalue weighted by molar-refractivity contribution is 0.0227. The molecule has 0 radical (unpaired) electrons. The van der Waals surface area contributed by atoms with Gasteiger partial charge in [0.15, 0.2) is 0 Å². The molecule has 1 unspecified atom stereocenters. The topological polar surface area (TPSA) is 71.7 Å². The van der Waals surface area contributed by atoms with Crippen molar-refractivity contribution < 1.29 is 9.53 Å². The summed E-state index contributed by atoms with van der Waals surface area (Å²) in [6.07, 6.45) is 0.708. The molecule has 2 heterocycles. The predicted octanol–water partition coefficient (Wildman–Crippen LogP) is 2.01. The van der Waals surface area contributed by atoms with Gasteiger partial charge in [-0.15, -0.1) is 11.3 Å². The minimum atomic E-state index is -0.0147. The fraction of sp³-hybridized carbons (Fsp3) is 0.500. The van der Waals surface area contributed by atoms with Gasteiger partial charge in [-0.25, -0.2) is 4.98 Å². The monoisotopic (exact) mass is 388 g/mol. The third kappa shape index (κ3) is 5.59. The van der Waals surface area contributed by atoms with Crippen LogP contribution < -0.4 is 5.73 Å². The van der Waals surface area contributed by atoms with Crippen LogP contribution in [0.1, 0.15) is 28.0 Å². The third-order valence-electron chi connectivity index (χ3n) is 4.74. The third-order valence-corrected chi connectivity index (χ3v) is 5.65. The van der Waals surface area contributed by atoms with Crippen LogP contribution in [0.5, 0.6) is 0 Å². The lowest BCUT2D eigenvalue weighted by Crippen LogP contribution is -2.48. The highest BCUT2D eigenvalue weighted by Gasteiger charge is 2.26. The van der Waals surface area contributed by atoms with Gasteiger partial charge in [-0.05, 0) is 19.0 Å². The molecular weight excluding hydrogens is 360 g/mol. The Morgan fingerprint density at radius 2 is 2.07 bits per heavy atom. The first-order valence-electron chi connectivity index (χ1n) is 9.47. The van der Waals surface area contributed by atoms with Crippen molar-refractivity contribution in [3.05, 3.63) is 52.0 Å². The van der Waals surface area contributed by atoms with E-state index < -0.39 is 0 Å². The molecule has 3 rings (SSSR count). The lowest BCUT2D eigenvalue weighted by Gasteiger charge is -2.35. The largest absolute Gasteiger partial charge is 0.379 e. The van der Waals surface area contributed by atoms with Crippen molar-refractivity contribution in [3.63, 3.8) is 0 Å². The molecule has 1 fully saturated rings. The number of carbonyl (C=O) groups excluding carboxylic acids is 1. The van der Waals surface area contributed by atoms with E-state index in [0.29, 0.717) is 25.2 Å². The molecule has 0 spiro atoms. The fourth-order valence-corrected chi connectivity index (χ4v) is 4.05. The highest BCUT2D eigenvalue weighted by Crippen LogP contribution is 2.17. The van der Waals surface area contributed by atoms with Gasteiger partial charge in [0.25, 0.3) is 5.91 Å². The molecular formula is C20H28N4O2S. The Morgan fingerprint density at radius 1 is 1.33 bits per heavy atom. The maximum atomic E-state index is 13.2. The van der Waals surface area contributed by atoms with E-state index in [9.17, 15) is 4.79 Å². The first-order valence-corrected chi connectivity index (χ1v) is 10.3. The standard InChI is InChI=1S/C20H28N4O2S/c1-16(13-23-9-11-26-12-10-23)24(14-17-5-3-2-4-6-17)20(25)18-15-27-19(22-18)7-8-21/h2-6,15-16H,7-14,21H2,1H3. The first-order chi connectivity index (χ1) is 13.2. The first kappa shape index (κ1) is 19.9. The van der Waals surface area contributed by atoms with E-state index >= 15 is 0 Å². The van der Waals surface area contributed by atoms with Crippen molar-refractivity contribution in [2.75, 3.05) is 39.4 Å². The van der Waals surface area contributed by atoms with Crippen molar-refractivity contribution in [3.8, 4) is 0 Å². The van der Waals surface area contributed by atoms with Crippen molar-refractivity contribution in [1.82, 2.24) is 14.8 Å². The number of carbonyl (C=O) groups is 1. The molecule has 1 saturated heterocycles. The number of rotatable bonds is 8. The minimum absolute atomic E-state index is 0.0147. The average molecular weight is 389 g/mol. The molecule has 1 aliphatic rings. The molecule has 0 aliphatic carbocycles. The molecule has 0 bridgehead atoms. The number of ether oxygens (including phenoxy) is 1. The summed E-state index contributed by atoms with van der Waals surface area (Å²) in [5, 5.41) is 2.77. The highest BCUT2D eigenvalue weighted by atomic mass is 32.1. The zero-order valence-electron chi connectivity index (χ0n) is 15.8. The Hall–Kier alpha value is -1.80. The van der Waals surface area contributed by atoms with E-state index in [2.05, 4.69) is 28.9 Å². The summed E-state index contributed by atoms with van der Waals surface area (Å²) in [4.78, 5) is 22.0. The number of thiazole rings is 1. The van der Waals surface area contributed by atoms with Gasteiger partial charge < -0.3 is 15.4 Å². The predicted molar refractivity (Wildman–Crippen MR) is 108 cm³/mol. The van der Waals surface area contributed by atoms with Crippen LogP contribution in [0, 0.1) is 0 Å². The minimum Gasteiger partial charge on any atom is -0.379 e. The van der Waals surface area contributed by atoms with E-state index in [0.717, 1.165) is 43.4 Å². The van der Waals surface area contributed by atoms with Crippen LogP contribution in [-0.4, -0.2) is 66.1 Å². The van der Waals surface area contributed by atoms with Crippen LogP contribution in [0.4, 0.5) is 0 Å². The van der Waals surface area contributed by atoms with Crippen LogP contribution in [-0.2, 0) is 17.7 Å². The van der Waals surface area contributed by atoms with E-state index in [-0.39, 0.29) is 11.9 Å². The second-order valence-electron chi connectivity index (χ2n) is 6.85. The zero-order valence-corrected chi connectivity index (χ0v) is 16.7. The van der Waals surface area contributed by atoms with Gasteiger partial charge in [0, 0.05) is 44.0 Å². The van der Waals surface area contributed by atoms with Gasteiger partial charge >= 0.3 is 0 Å². The molecule has 1 aliphatic heterocycles. The van der Waals surface area contributed by atoms with Gasteiger partial charge in [-0.3, -0.25) is 9.69 Å². The molecule has 1 aromatic carbocycles. The lowest BCUT2D eigenvalue weighted by atomic mass is 10.1. The summed E-state index contributed by atoms with van der Waals surface area (Å²) in [5.74, 6) is -0.0147. The Balaban J connectivity index is 1.75. The summed E-state index contributed by atoms with van der Waals surface area (Å²) < 4.78 is 5.44. The Kier molecular flexibility index (Phi) is 7.34. The Labute approximate surface area is 164 Å². The molecule has 2 N–H and O–H groups in total. The summed E-state index contributed by atoms with van der Waals surface area (Å²) in [6.45, 7) is 7.41. The van der Waals surface area contributed by atoms with Crippen LogP contribution in [0.3, 0.4) is 0 Å². The Bertz CT molecular complexity index is 716. The van der Waals surface area contributed by atoms with Crippen LogP contribution in [0.15, 0.2) is 35.7 Å². The summed E-state index contributed by atoms with van der Waals surface area (Å²) >= 11 is 1.51. The van der Waals surface area contributed by atoms with Crippen LogP contribution in [0.2, 0.25) is 0 Å². The van der Waals surface area contributed by atoms with E-state index in [4.69, 9.17) is 10.5 Å². The number of hydrogen-bond acceptors (Lipinski definition) is 6. The molecule has 1 aromatic heterocycles. The van der Waals surface area contributed by atoms with Gasteiger partial charge in [-0.1, -0.05) is 30.3 Å². The number of hydrogen-bond donors (Lipinski definition) is 1. The van der Waals surface area contributed by atoms with Crippen LogP contribution in [0.25, 0.3) is 0 Å². The average Bonchev–Trinajstić information content (AvgIpc) is 3.16. The number of nitrogens with zero attached hydrogens (tertiary/aromatic N) is 3. The molecule has 2 aromatic rings. The molecule has 6 nitrogen and oxygen atoms in total. The number of amides is 1. The van der Waals surface area contributed by atoms with Gasteiger partial charge in [0.2, 0.25) is 0 Å². The number of aromatic nitrogens is 1. The van der Waals surface area contributed by atoms with E-state index in [1.54, 1.807) is 0 Å². The highest BCUT2D eigenvalue weighted by molar-refractivity contribution is 7.09. The van der Waals surface area contributed by atoms with Crippen molar-refractivity contribution in [2.45, 2.75) is 25.9 Å². The molecule has 146 valence electrons. The molecule has 0 saturated carbocycles. The van der Waals surface area contributed by atoms with Crippen molar-refractivity contribution in [1.29, 1.82) is 0 Å². The van der Waals surface area contributed by atoms with Crippen molar-refractivity contribution >= 4 is 17.2 Å². The zero-order chi connectivity index (χ0) is 19.1. The summed E-state index contributed by atoms with van der Waals surface area (Å²) in [5.41, 5.74) is 7.26. The number of benzene rings is 1. The number of nitrogens with two attached hydrogens (primary N) is 1. The van der Waals surface area contributed by atoms with Crippen LogP contribution >= 0.6 is 11.3 Å². The maximum Gasteiger partial charge on any atom is 0.273 e. The summed E-state index contributed by atoms with van der Waals surface area (Å²) in [7, 11) is 0. The maximum absolute atomic E-state index is 13.2. The molecule has 1 atom stereocenters. The van der Waals surface area contributed by atoms with Gasteiger partial charge in [0.1, 0.15) is 5.69 Å².